The van der Waals surface area contributed by atoms with Crippen LogP contribution in [0.5, 0.6) is 5.75 Å². The lowest BCUT2D eigenvalue weighted by atomic mass is 10.2. The molecule has 0 heterocycles. The van der Waals surface area contributed by atoms with E-state index in [9.17, 15) is 4.79 Å². The first-order valence-electron chi connectivity index (χ1n) is 7.84. The minimum absolute atomic E-state index is 0.0627. The summed E-state index contributed by atoms with van der Waals surface area (Å²) < 4.78 is 5.47. The smallest absolute Gasteiger partial charge is 0.233 e. The Bertz CT molecular complexity index is 616. The van der Waals surface area contributed by atoms with Crippen molar-refractivity contribution < 1.29 is 9.53 Å². The van der Waals surface area contributed by atoms with Crippen molar-refractivity contribution in [3.63, 3.8) is 0 Å². The first-order valence-corrected chi connectivity index (χ1v) is 8.89. The molecule has 3 nitrogen and oxygen atoms in total. The highest BCUT2D eigenvalue weighted by molar-refractivity contribution is 7.99. The number of benzene rings is 2. The Balaban J connectivity index is 1.78. The van der Waals surface area contributed by atoms with Gasteiger partial charge in [-0.2, -0.15) is 0 Å². The van der Waals surface area contributed by atoms with Crippen LogP contribution in [0, 0.1) is 0 Å². The van der Waals surface area contributed by atoms with Gasteiger partial charge in [-0.3, -0.25) is 4.79 Å². The van der Waals surface area contributed by atoms with E-state index in [-0.39, 0.29) is 11.2 Å². The normalized spacial score (nSPS) is 11.7. The van der Waals surface area contributed by atoms with Gasteiger partial charge in [0.15, 0.2) is 0 Å². The van der Waals surface area contributed by atoms with Crippen LogP contribution in [0.1, 0.15) is 25.0 Å². The van der Waals surface area contributed by atoms with Crippen molar-refractivity contribution in [2.45, 2.75) is 31.4 Å². The van der Waals surface area contributed by atoms with Gasteiger partial charge in [0.1, 0.15) is 5.75 Å². The van der Waals surface area contributed by atoms with Crippen molar-refractivity contribution in [2.75, 3.05) is 6.61 Å². The Hall–Kier alpha value is -1.94. The summed E-state index contributed by atoms with van der Waals surface area (Å²) in [6.07, 6.45) is 0. The highest BCUT2D eigenvalue weighted by Crippen LogP contribution is 2.18. The lowest BCUT2D eigenvalue weighted by molar-refractivity contribution is -0.120. The van der Waals surface area contributed by atoms with Crippen molar-refractivity contribution in [3.05, 3.63) is 65.7 Å². The van der Waals surface area contributed by atoms with Crippen molar-refractivity contribution in [1.29, 1.82) is 0 Å². The number of rotatable bonds is 8. The van der Waals surface area contributed by atoms with E-state index in [1.807, 2.05) is 56.3 Å². The predicted molar refractivity (Wildman–Crippen MR) is 96.7 cm³/mol. The molecule has 0 fully saturated rings. The highest BCUT2D eigenvalue weighted by atomic mass is 32.2. The van der Waals surface area contributed by atoms with Gasteiger partial charge in [-0.15, -0.1) is 11.8 Å². The summed E-state index contributed by atoms with van der Waals surface area (Å²) in [5, 5.41) is 2.91. The SMILES string of the molecule is CCOc1cccc(CNC(=O)[C@H](C)SCc2ccccc2)c1. The second-order valence-corrected chi connectivity index (χ2v) is 6.57. The van der Waals surface area contributed by atoms with E-state index < -0.39 is 0 Å². The topological polar surface area (TPSA) is 38.3 Å². The molecule has 0 saturated carbocycles. The van der Waals surface area contributed by atoms with Crippen LogP contribution in [-0.2, 0) is 17.1 Å². The number of ether oxygens (including phenoxy) is 1. The van der Waals surface area contributed by atoms with Gasteiger partial charge in [0.25, 0.3) is 0 Å². The third-order valence-electron chi connectivity index (χ3n) is 3.39. The third-order valence-corrected chi connectivity index (χ3v) is 4.60. The van der Waals surface area contributed by atoms with Crippen LogP contribution in [0.3, 0.4) is 0 Å². The first-order chi connectivity index (χ1) is 11.2. The molecule has 0 aliphatic carbocycles. The Kier molecular flexibility index (Phi) is 7.01. The quantitative estimate of drug-likeness (QED) is 0.795. The van der Waals surface area contributed by atoms with Crippen LogP contribution < -0.4 is 10.1 Å². The highest BCUT2D eigenvalue weighted by Gasteiger charge is 2.13. The van der Waals surface area contributed by atoms with Gasteiger partial charge in [-0.1, -0.05) is 42.5 Å². The van der Waals surface area contributed by atoms with Gasteiger partial charge in [0.05, 0.1) is 11.9 Å². The van der Waals surface area contributed by atoms with E-state index >= 15 is 0 Å². The monoisotopic (exact) mass is 329 g/mol. The molecule has 1 atom stereocenters. The molecule has 2 rings (SSSR count). The molecule has 4 heteroatoms. The molecule has 0 saturated heterocycles. The molecular weight excluding hydrogens is 306 g/mol. The van der Waals surface area contributed by atoms with Crippen molar-refractivity contribution in [3.8, 4) is 5.75 Å². The number of nitrogens with one attached hydrogen (secondary N) is 1. The molecule has 0 bridgehead atoms. The summed E-state index contributed by atoms with van der Waals surface area (Å²) in [6, 6.07) is 18.0. The molecule has 0 spiro atoms. The van der Waals surface area contributed by atoms with Crippen molar-refractivity contribution in [1.82, 2.24) is 5.32 Å². The number of hydrogen-bond donors (Lipinski definition) is 1. The molecule has 1 N–H and O–H groups in total. The molecular formula is C19H23NO2S. The molecule has 2 aromatic carbocycles. The summed E-state index contributed by atoms with van der Waals surface area (Å²) in [5.74, 6) is 1.74. The van der Waals surface area contributed by atoms with Crippen LogP contribution in [0.15, 0.2) is 54.6 Å². The molecule has 23 heavy (non-hydrogen) atoms. The van der Waals surface area contributed by atoms with Gasteiger partial charge >= 0.3 is 0 Å². The van der Waals surface area contributed by atoms with Crippen molar-refractivity contribution in [2.24, 2.45) is 0 Å². The standard InChI is InChI=1S/C19H23NO2S/c1-3-22-18-11-7-10-17(12-18)13-20-19(21)15(2)23-14-16-8-5-4-6-9-16/h4-12,15H,3,13-14H2,1-2H3,(H,20,21)/t15-/m0/s1. The van der Waals surface area contributed by atoms with Crippen molar-refractivity contribution >= 4 is 17.7 Å². The maximum absolute atomic E-state index is 12.2. The zero-order chi connectivity index (χ0) is 16.5. The maximum atomic E-state index is 12.2. The molecule has 0 aromatic heterocycles. The van der Waals surface area contributed by atoms with Crippen LogP contribution >= 0.6 is 11.8 Å². The number of thioether (sulfide) groups is 1. The minimum atomic E-state index is -0.0784. The maximum Gasteiger partial charge on any atom is 0.233 e. The molecule has 122 valence electrons. The van der Waals surface area contributed by atoms with E-state index in [0.29, 0.717) is 13.2 Å². The van der Waals surface area contributed by atoms with E-state index in [4.69, 9.17) is 4.74 Å². The fraction of sp³-hybridized carbons (Fsp3) is 0.316. The summed E-state index contributed by atoms with van der Waals surface area (Å²) in [4.78, 5) is 12.2. The average Bonchev–Trinajstić information content (AvgIpc) is 2.59. The molecule has 0 aliphatic heterocycles. The van der Waals surface area contributed by atoms with Gasteiger partial charge in [0, 0.05) is 12.3 Å². The van der Waals surface area contributed by atoms with Crippen LogP contribution in [-0.4, -0.2) is 17.8 Å². The lowest BCUT2D eigenvalue weighted by Gasteiger charge is -2.12. The Morgan fingerprint density at radius 3 is 2.61 bits per heavy atom. The number of carbonyl (C=O) groups excluding carboxylic acids is 1. The summed E-state index contributed by atoms with van der Waals surface area (Å²) >= 11 is 1.65. The van der Waals surface area contributed by atoms with Crippen LogP contribution in [0.25, 0.3) is 0 Å². The van der Waals surface area contributed by atoms with Gasteiger partial charge in [-0.05, 0) is 37.1 Å². The first kappa shape index (κ1) is 17.4. The molecule has 1 amide bonds. The van der Waals surface area contributed by atoms with E-state index in [0.717, 1.165) is 17.1 Å². The number of carbonyl (C=O) groups is 1. The Morgan fingerprint density at radius 1 is 1.13 bits per heavy atom. The average molecular weight is 329 g/mol. The molecule has 2 aromatic rings. The Morgan fingerprint density at radius 2 is 1.87 bits per heavy atom. The predicted octanol–water partition coefficient (Wildman–Crippen LogP) is 4.02. The van der Waals surface area contributed by atoms with Gasteiger partial charge in [0.2, 0.25) is 5.91 Å². The van der Waals surface area contributed by atoms with Crippen LogP contribution in [0.4, 0.5) is 0 Å². The second-order valence-electron chi connectivity index (χ2n) is 5.24. The number of amides is 1. The minimum Gasteiger partial charge on any atom is -0.494 e. The fourth-order valence-corrected chi connectivity index (χ4v) is 2.99. The summed E-state index contributed by atoms with van der Waals surface area (Å²) in [5.41, 5.74) is 2.28. The summed E-state index contributed by atoms with van der Waals surface area (Å²) in [6.45, 7) is 5.07. The van der Waals surface area contributed by atoms with Gasteiger partial charge in [-0.25, -0.2) is 0 Å². The van der Waals surface area contributed by atoms with E-state index in [2.05, 4.69) is 17.4 Å². The molecule has 0 unspecified atom stereocenters. The van der Waals surface area contributed by atoms with E-state index in [1.54, 1.807) is 11.8 Å². The fourth-order valence-electron chi connectivity index (χ4n) is 2.12. The van der Waals surface area contributed by atoms with E-state index in [1.165, 1.54) is 5.56 Å². The van der Waals surface area contributed by atoms with Gasteiger partial charge < -0.3 is 10.1 Å². The third kappa shape index (κ3) is 5.99. The zero-order valence-electron chi connectivity index (χ0n) is 13.6. The largest absolute Gasteiger partial charge is 0.494 e. The number of hydrogen-bond acceptors (Lipinski definition) is 3. The lowest BCUT2D eigenvalue weighted by Crippen LogP contribution is -2.30. The summed E-state index contributed by atoms with van der Waals surface area (Å²) in [7, 11) is 0. The van der Waals surface area contributed by atoms with Crippen LogP contribution in [0.2, 0.25) is 0 Å². The molecule has 0 radical (unpaired) electrons. The second kappa shape index (κ2) is 9.26. The zero-order valence-corrected chi connectivity index (χ0v) is 14.4. The molecule has 0 aliphatic rings. The Labute approximate surface area is 142 Å².